The van der Waals surface area contributed by atoms with Gasteiger partial charge in [-0.1, -0.05) is 20.3 Å². The maximum Gasteiger partial charge on any atom is 0.0587 e. The molecule has 1 rings (SSSR count). The summed E-state index contributed by atoms with van der Waals surface area (Å²) in [6.07, 6.45) is 4.97. The predicted molar refractivity (Wildman–Crippen MR) is 58.0 cm³/mol. The molecule has 0 fully saturated rings. The Morgan fingerprint density at radius 2 is 2.36 bits per heavy atom. The zero-order chi connectivity index (χ0) is 10.4. The molecule has 1 heterocycles. The Morgan fingerprint density at radius 1 is 1.57 bits per heavy atom. The van der Waals surface area contributed by atoms with Crippen LogP contribution >= 0.6 is 0 Å². The van der Waals surface area contributed by atoms with Gasteiger partial charge >= 0.3 is 0 Å². The van der Waals surface area contributed by atoms with Crippen molar-refractivity contribution in [2.45, 2.75) is 32.9 Å². The van der Waals surface area contributed by atoms with Crippen molar-refractivity contribution in [2.24, 2.45) is 5.92 Å². The third-order valence-electron chi connectivity index (χ3n) is 2.76. The minimum atomic E-state index is 0.204. The van der Waals surface area contributed by atoms with Gasteiger partial charge in [0.05, 0.1) is 6.61 Å². The standard InChI is InChI=1S/C11H20N2O/c1-3-9(2)11(8-14)13-7-10-4-5-12-6-10/h4-6,9,11-14H,3,7-8H2,1-2H3. The van der Waals surface area contributed by atoms with E-state index in [4.69, 9.17) is 0 Å². The first kappa shape index (κ1) is 11.3. The van der Waals surface area contributed by atoms with E-state index in [9.17, 15) is 5.11 Å². The summed E-state index contributed by atoms with van der Waals surface area (Å²) >= 11 is 0. The first-order chi connectivity index (χ1) is 6.77. The van der Waals surface area contributed by atoms with Crippen LogP contribution in [0.5, 0.6) is 0 Å². The van der Waals surface area contributed by atoms with E-state index in [2.05, 4.69) is 24.1 Å². The molecule has 1 aromatic rings. The molecule has 0 aromatic carbocycles. The summed E-state index contributed by atoms with van der Waals surface area (Å²) in [7, 11) is 0. The molecule has 0 radical (unpaired) electrons. The maximum atomic E-state index is 9.19. The topological polar surface area (TPSA) is 48.0 Å². The molecule has 14 heavy (non-hydrogen) atoms. The van der Waals surface area contributed by atoms with Gasteiger partial charge in [-0.3, -0.25) is 0 Å². The Labute approximate surface area is 85.5 Å². The highest BCUT2D eigenvalue weighted by atomic mass is 16.3. The van der Waals surface area contributed by atoms with Gasteiger partial charge in [-0.2, -0.15) is 0 Å². The molecular formula is C11H20N2O. The number of H-pyrrole nitrogens is 1. The van der Waals surface area contributed by atoms with Gasteiger partial charge in [0.25, 0.3) is 0 Å². The summed E-state index contributed by atoms with van der Waals surface area (Å²) in [6, 6.07) is 2.24. The van der Waals surface area contributed by atoms with Gasteiger partial charge in [0.1, 0.15) is 0 Å². The molecule has 0 aliphatic carbocycles. The van der Waals surface area contributed by atoms with E-state index in [1.165, 1.54) is 5.56 Å². The largest absolute Gasteiger partial charge is 0.395 e. The number of aromatic amines is 1. The van der Waals surface area contributed by atoms with Gasteiger partial charge in [-0.05, 0) is 17.5 Å². The maximum absolute atomic E-state index is 9.19. The van der Waals surface area contributed by atoms with E-state index in [0.717, 1.165) is 13.0 Å². The van der Waals surface area contributed by atoms with Crippen LogP contribution in [0.25, 0.3) is 0 Å². The zero-order valence-electron chi connectivity index (χ0n) is 8.96. The monoisotopic (exact) mass is 196 g/mol. The van der Waals surface area contributed by atoms with Crippen molar-refractivity contribution in [3.8, 4) is 0 Å². The zero-order valence-corrected chi connectivity index (χ0v) is 8.96. The summed E-state index contributed by atoms with van der Waals surface area (Å²) in [6.45, 7) is 5.33. The predicted octanol–water partition coefficient (Wildman–Crippen LogP) is 1.51. The summed E-state index contributed by atoms with van der Waals surface area (Å²) in [4.78, 5) is 3.01. The number of hydrogen-bond acceptors (Lipinski definition) is 2. The molecular weight excluding hydrogens is 176 g/mol. The van der Waals surface area contributed by atoms with Crippen molar-refractivity contribution in [3.05, 3.63) is 24.0 Å². The van der Waals surface area contributed by atoms with Crippen molar-refractivity contribution in [2.75, 3.05) is 6.61 Å². The molecule has 0 amide bonds. The van der Waals surface area contributed by atoms with E-state index in [0.29, 0.717) is 5.92 Å². The van der Waals surface area contributed by atoms with Crippen molar-refractivity contribution in [1.82, 2.24) is 10.3 Å². The Hall–Kier alpha value is -0.800. The lowest BCUT2D eigenvalue weighted by Crippen LogP contribution is -2.37. The number of aliphatic hydroxyl groups is 1. The second-order valence-electron chi connectivity index (χ2n) is 3.77. The second kappa shape index (κ2) is 5.83. The first-order valence-electron chi connectivity index (χ1n) is 5.23. The third-order valence-corrected chi connectivity index (χ3v) is 2.76. The molecule has 0 saturated heterocycles. The molecule has 0 bridgehead atoms. The molecule has 3 N–H and O–H groups in total. The Bertz CT molecular complexity index is 233. The average molecular weight is 196 g/mol. The molecule has 2 atom stereocenters. The van der Waals surface area contributed by atoms with E-state index < -0.39 is 0 Å². The number of aliphatic hydroxyl groups excluding tert-OH is 1. The van der Waals surface area contributed by atoms with Gasteiger partial charge in [-0.15, -0.1) is 0 Å². The van der Waals surface area contributed by atoms with Crippen LogP contribution in [0.15, 0.2) is 18.5 Å². The Kier molecular flexibility index (Phi) is 4.70. The van der Waals surface area contributed by atoms with Crippen molar-refractivity contribution in [3.63, 3.8) is 0 Å². The number of hydrogen-bond donors (Lipinski definition) is 3. The summed E-state index contributed by atoms with van der Waals surface area (Å²) in [5.41, 5.74) is 1.23. The molecule has 1 aromatic heterocycles. The number of aromatic nitrogens is 1. The van der Waals surface area contributed by atoms with Crippen LogP contribution in [-0.2, 0) is 6.54 Å². The molecule has 3 nitrogen and oxygen atoms in total. The molecule has 2 unspecified atom stereocenters. The number of rotatable bonds is 6. The molecule has 80 valence electrons. The average Bonchev–Trinajstić information content (AvgIpc) is 2.71. The van der Waals surface area contributed by atoms with E-state index in [1.807, 2.05) is 18.5 Å². The van der Waals surface area contributed by atoms with E-state index >= 15 is 0 Å². The van der Waals surface area contributed by atoms with E-state index in [-0.39, 0.29) is 12.6 Å². The van der Waals surface area contributed by atoms with Crippen molar-refractivity contribution < 1.29 is 5.11 Å². The number of nitrogens with one attached hydrogen (secondary N) is 2. The molecule has 3 heteroatoms. The van der Waals surface area contributed by atoms with Gasteiger partial charge in [-0.25, -0.2) is 0 Å². The van der Waals surface area contributed by atoms with Crippen molar-refractivity contribution >= 4 is 0 Å². The van der Waals surface area contributed by atoms with Crippen LogP contribution in [-0.4, -0.2) is 22.7 Å². The van der Waals surface area contributed by atoms with Crippen LogP contribution in [0.4, 0.5) is 0 Å². The molecule has 0 spiro atoms. The lowest BCUT2D eigenvalue weighted by molar-refractivity contribution is 0.201. The first-order valence-corrected chi connectivity index (χ1v) is 5.23. The van der Waals surface area contributed by atoms with Gasteiger partial charge in [0, 0.05) is 25.0 Å². The minimum Gasteiger partial charge on any atom is -0.395 e. The SMILES string of the molecule is CCC(C)C(CO)NCc1cc[nH]c1. The fourth-order valence-electron chi connectivity index (χ4n) is 1.45. The third kappa shape index (κ3) is 3.16. The highest BCUT2D eigenvalue weighted by Gasteiger charge is 2.13. The lowest BCUT2D eigenvalue weighted by atomic mass is 10.00. The van der Waals surface area contributed by atoms with Crippen LogP contribution in [0.1, 0.15) is 25.8 Å². The molecule has 0 aliphatic heterocycles. The Balaban J connectivity index is 2.34. The van der Waals surface area contributed by atoms with Crippen molar-refractivity contribution in [1.29, 1.82) is 0 Å². The van der Waals surface area contributed by atoms with Crippen LogP contribution in [0.2, 0.25) is 0 Å². The fraction of sp³-hybridized carbons (Fsp3) is 0.636. The lowest BCUT2D eigenvalue weighted by Gasteiger charge is -2.21. The normalized spacial score (nSPS) is 15.4. The van der Waals surface area contributed by atoms with Gasteiger partial charge in [0.2, 0.25) is 0 Å². The van der Waals surface area contributed by atoms with Crippen LogP contribution in [0, 0.1) is 5.92 Å². The summed E-state index contributed by atoms with van der Waals surface area (Å²) in [5.74, 6) is 0.513. The second-order valence-corrected chi connectivity index (χ2v) is 3.77. The summed E-state index contributed by atoms with van der Waals surface area (Å²) < 4.78 is 0. The fourth-order valence-corrected chi connectivity index (χ4v) is 1.45. The summed E-state index contributed by atoms with van der Waals surface area (Å²) in [5, 5.41) is 12.5. The smallest absolute Gasteiger partial charge is 0.0587 e. The quantitative estimate of drug-likeness (QED) is 0.646. The highest BCUT2D eigenvalue weighted by molar-refractivity contribution is 5.07. The molecule has 0 saturated carbocycles. The Morgan fingerprint density at radius 3 is 2.86 bits per heavy atom. The van der Waals surface area contributed by atoms with Crippen LogP contribution < -0.4 is 5.32 Å². The van der Waals surface area contributed by atoms with E-state index in [1.54, 1.807) is 0 Å². The van der Waals surface area contributed by atoms with Crippen LogP contribution in [0.3, 0.4) is 0 Å². The van der Waals surface area contributed by atoms with Gasteiger partial charge in [0.15, 0.2) is 0 Å². The van der Waals surface area contributed by atoms with Gasteiger partial charge < -0.3 is 15.4 Å². The minimum absolute atomic E-state index is 0.204. The molecule has 0 aliphatic rings. The highest BCUT2D eigenvalue weighted by Crippen LogP contribution is 2.08.